The van der Waals surface area contributed by atoms with E-state index in [9.17, 15) is 9.59 Å². The first-order chi connectivity index (χ1) is 9.19. The maximum Gasteiger partial charge on any atom is 0.313 e. The van der Waals surface area contributed by atoms with E-state index in [4.69, 9.17) is 4.74 Å². The number of nitrogens with zero attached hydrogens (tertiary/aromatic N) is 1. The number of nitrogens with one attached hydrogen (secondary N) is 2. The number of hydrogen-bond donors (Lipinski definition) is 2. The van der Waals surface area contributed by atoms with Crippen LogP contribution in [0.3, 0.4) is 0 Å². The molecule has 1 aromatic heterocycles. The van der Waals surface area contributed by atoms with Gasteiger partial charge in [-0.05, 0) is 18.9 Å². The summed E-state index contributed by atoms with van der Waals surface area (Å²) in [5.74, 6) is -0.810. The van der Waals surface area contributed by atoms with Crippen molar-refractivity contribution in [3.05, 3.63) is 18.3 Å². The minimum Gasteiger partial charge on any atom is -0.481 e. The van der Waals surface area contributed by atoms with Crippen molar-refractivity contribution in [2.45, 2.75) is 31.7 Å². The molecule has 0 saturated heterocycles. The van der Waals surface area contributed by atoms with Crippen LogP contribution in [0, 0.1) is 0 Å². The lowest BCUT2D eigenvalue weighted by Gasteiger charge is -2.11. The van der Waals surface area contributed by atoms with Crippen LogP contribution >= 0.6 is 0 Å². The average Bonchev–Trinajstić information content (AvgIpc) is 2.92. The SMILES string of the molecule is COc1ccc(NC(=O)C(=O)NC2CCCC2)cn1. The number of aromatic nitrogens is 1. The van der Waals surface area contributed by atoms with E-state index in [1.165, 1.54) is 13.3 Å². The van der Waals surface area contributed by atoms with Gasteiger partial charge in [-0.15, -0.1) is 0 Å². The Morgan fingerprint density at radius 3 is 2.58 bits per heavy atom. The van der Waals surface area contributed by atoms with Crippen LogP contribution in [0.15, 0.2) is 18.3 Å². The van der Waals surface area contributed by atoms with Gasteiger partial charge in [0.2, 0.25) is 5.88 Å². The molecule has 1 aromatic rings. The molecule has 1 heterocycles. The average molecular weight is 263 g/mol. The van der Waals surface area contributed by atoms with Crippen LogP contribution in [-0.2, 0) is 9.59 Å². The summed E-state index contributed by atoms with van der Waals surface area (Å²) in [5, 5.41) is 5.22. The van der Waals surface area contributed by atoms with Gasteiger partial charge < -0.3 is 15.4 Å². The van der Waals surface area contributed by atoms with Crippen molar-refractivity contribution in [2.24, 2.45) is 0 Å². The molecule has 0 unspecified atom stereocenters. The minimum atomic E-state index is -0.668. The Morgan fingerprint density at radius 2 is 2.00 bits per heavy atom. The Hall–Kier alpha value is -2.11. The topological polar surface area (TPSA) is 80.3 Å². The molecule has 2 N–H and O–H groups in total. The summed E-state index contributed by atoms with van der Waals surface area (Å²) in [5.41, 5.74) is 0.465. The third-order valence-electron chi connectivity index (χ3n) is 3.10. The van der Waals surface area contributed by atoms with Crippen molar-refractivity contribution in [1.29, 1.82) is 0 Å². The summed E-state index contributed by atoms with van der Waals surface area (Å²) in [6.07, 6.45) is 5.55. The summed E-state index contributed by atoms with van der Waals surface area (Å²) in [6.45, 7) is 0. The molecule has 0 aromatic carbocycles. The maximum absolute atomic E-state index is 11.7. The van der Waals surface area contributed by atoms with E-state index < -0.39 is 11.8 Å². The highest BCUT2D eigenvalue weighted by molar-refractivity contribution is 6.39. The molecule has 102 valence electrons. The van der Waals surface area contributed by atoms with E-state index in [1.54, 1.807) is 12.1 Å². The number of methoxy groups -OCH3 is 1. The molecule has 0 spiro atoms. The lowest BCUT2D eigenvalue weighted by Crippen LogP contribution is -2.40. The smallest absolute Gasteiger partial charge is 0.313 e. The van der Waals surface area contributed by atoms with Crippen LogP contribution in [0.2, 0.25) is 0 Å². The second-order valence-electron chi connectivity index (χ2n) is 4.50. The van der Waals surface area contributed by atoms with E-state index in [-0.39, 0.29) is 6.04 Å². The number of ether oxygens (including phenoxy) is 1. The van der Waals surface area contributed by atoms with Gasteiger partial charge in [-0.25, -0.2) is 4.98 Å². The normalized spacial score (nSPS) is 15.0. The zero-order valence-corrected chi connectivity index (χ0v) is 10.8. The van der Waals surface area contributed by atoms with Gasteiger partial charge in [-0.3, -0.25) is 9.59 Å². The molecule has 0 atom stereocenters. The highest BCUT2D eigenvalue weighted by Gasteiger charge is 2.21. The summed E-state index contributed by atoms with van der Waals surface area (Å²) in [4.78, 5) is 27.3. The first-order valence-corrected chi connectivity index (χ1v) is 6.31. The second kappa shape index (κ2) is 6.17. The second-order valence-corrected chi connectivity index (χ2v) is 4.50. The Morgan fingerprint density at radius 1 is 1.26 bits per heavy atom. The number of rotatable bonds is 3. The standard InChI is InChI=1S/C13H17N3O3/c1-19-11-7-6-10(8-14-11)16-13(18)12(17)15-9-4-2-3-5-9/h6-9H,2-5H2,1H3,(H,15,17)(H,16,18). The first-order valence-electron chi connectivity index (χ1n) is 6.31. The first kappa shape index (κ1) is 13.3. The van der Waals surface area contributed by atoms with Gasteiger partial charge in [0.1, 0.15) is 0 Å². The quantitative estimate of drug-likeness (QED) is 0.800. The van der Waals surface area contributed by atoms with Gasteiger partial charge in [-0.1, -0.05) is 12.8 Å². The fourth-order valence-corrected chi connectivity index (χ4v) is 2.08. The number of amides is 2. The van der Waals surface area contributed by atoms with Crippen molar-refractivity contribution >= 4 is 17.5 Å². The van der Waals surface area contributed by atoms with Gasteiger partial charge in [0.05, 0.1) is 19.0 Å². The van der Waals surface area contributed by atoms with Gasteiger partial charge >= 0.3 is 11.8 Å². The highest BCUT2D eigenvalue weighted by atomic mass is 16.5. The maximum atomic E-state index is 11.7. The number of carbonyl (C=O) groups is 2. The molecule has 0 radical (unpaired) electrons. The van der Waals surface area contributed by atoms with Crippen molar-refractivity contribution in [3.63, 3.8) is 0 Å². The summed E-state index contributed by atoms with van der Waals surface area (Å²) >= 11 is 0. The molecule has 1 saturated carbocycles. The van der Waals surface area contributed by atoms with Crippen molar-refractivity contribution in [1.82, 2.24) is 10.3 Å². The largest absolute Gasteiger partial charge is 0.481 e. The fraction of sp³-hybridized carbons (Fsp3) is 0.462. The fourth-order valence-electron chi connectivity index (χ4n) is 2.08. The van der Waals surface area contributed by atoms with Crippen LogP contribution in [0.4, 0.5) is 5.69 Å². The number of hydrogen-bond acceptors (Lipinski definition) is 4. The molecule has 2 rings (SSSR count). The third-order valence-corrected chi connectivity index (χ3v) is 3.10. The Bertz CT molecular complexity index is 453. The number of pyridine rings is 1. The Balaban J connectivity index is 1.86. The predicted molar refractivity (Wildman–Crippen MR) is 69.8 cm³/mol. The molecule has 1 aliphatic rings. The molecule has 0 aliphatic heterocycles. The Labute approximate surface area is 111 Å². The lowest BCUT2D eigenvalue weighted by molar-refractivity contribution is -0.136. The zero-order chi connectivity index (χ0) is 13.7. The van der Waals surface area contributed by atoms with Gasteiger partial charge in [0.15, 0.2) is 0 Å². The number of carbonyl (C=O) groups excluding carboxylic acids is 2. The number of anilines is 1. The molecule has 19 heavy (non-hydrogen) atoms. The monoisotopic (exact) mass is 263 g/mol. The van der Waals surface area contributed by atoms with Crippen LogP contribution in [0.5, 0.6) is 5.88 Å². The molecule has 6 nitrogen and oxygen atoms in total. The Kier molecular flexibility index (Phi) is 4.33. The van der Waals surface area contributed by atoms with E-state index in [0.29, 0.717) is 11.6 Å². The third kappa shape index (κ3) is 3.67. The predicted octanol–water partition coefficient (Wildman–Crippen LogP) is 1.09. The summed E-state index contributed by atoms with van der Waals surface area (Å²) in [7, 11) is 1.51. The zero-order valence-electron chi connectivity index (χ0n) is 10.8. The van der Waals surface area contributed by atoms with Gasteiger partial charge in [0, 0.05) is 12.1 Å². The van der Waals surface area contributed by atoms with Gasteiger partial charge in [0.25, 0.3) is 0 Å². The lowest BCUT2D eigenvalue weighted by atomic mass is 10.2. The van der Waals surface area contributed by atoms with E-state index in [1.807, 2.05) is 0 Å². The van der Waals surface area contributed by atoms with Crippen LogP contribution in [0.25, 0.3) is 0 Å². The van der Waals surface area contributed by atoms with E-state index >= 15 is 0 Å². The van der Waals surface area contributed by atoms with Crippen LogP contribution in [-0.4, -0.2) is 29.9 Å². The van der Waals surface area contributed by atoms with Crippen molar-refractivity contribution in [3.8, 4) is 5.88 Å². The summed E-state index contributed by atoms with van der Waals surface area (Å²) in [6, 6.07) is 3.38. The van der Waals surface area contributed by atoms with Crippen molar-refractivity contribution in [2.75, 3.05) is 12.4 Å². The molecular formula is C13H17N3O3. The van der Waals surface area contributed by atoms with E-state index in [0.717, 1.165) is 25.7 Å². The molecule has 1 fully saturated rings. The van der Waals surface area contributed by atoms with E-state index in [2.05, 4.69) is 15.6 Å². The van der Waals surface area contributed by atoms with Crippen molar-refractivity contribution < 1.29 is 14.3 Å². The molecule has 0 bridgehead atoms. The summed E-state index contributed by atoms with van der Waals surface area (Å²) < 4.78 is 4.91. The van der Waals surface area contributed by atoms with Crippen LogP contribution < -0.4 is 15.4 Å². The molecular weight excluding hydrogens is 246 g/mol. The van der Waals surface area contributed by atoms with Gasteiger partial charge in [-0.2, -0.15) is 0 Å². The highest BCUT2D eigenvalue weighted by Crippen LogP contribution is 2.17. The molecule has 6 heteroatoms. The minimum absolute atomic E-state index is 0.132. The molecule has 1 aliphatic carbocycles. The molecule has 2 amide bonds. The van der Waals surface area contributed by atoms with Crippen LogP contribution in [0.1, 0.15) is 25.7 Å².